The van der Waals surface area contributed by atoms with Gasteiger partial charge < -0.3 is 11.1 Å². The van der Waals surface area contributed by atoms with Crippen LogP contribution in [0.25, 0.3) is 0 Å². The first-order valence-electron chi connectivity index (χ1n) is 6.86. The molecule has 0 aliphatic heterocycles. The van der Waals surface area contributed by atoms with Crippen molar-refractivity contribution in [3.63, 3.8) is 0 Å². The molecule has 1 aliphatic rings. The zero-order chi connectivity index (χ0) is 14.8. The molecule has 0 saturated heterocycles. The van der Waals surface area contributed by atoms with Gasteiger partial charge in [-0.25, -0.2) is 0 Å². The Morgan fingerprint density at radius 2 is 2.10 bits per heavy atom. The summed E-state index contributed by atoms with van der Waals surface area (Å²) in [5, 5.41) is 12.8. The summed E-state index contributed by atoms with van der Waals surface area (Å²) in [6.45, 7) is 0. The smallest absolute Gasteiger partial charge is 0.246 e. The standard InChI is InChI=1S/C16H15N3OS/c17-9-12-11-7-4-8-13(11)21-16(12)19-15(20)14(18)10-5-2-1-3-6-10/h1-3,5-6,14H,4,7-8,18H2,(H,19,20)/t14-/m0/s1. The zero-order valence-corrected chi connectivity index (χ0v) is 12.2. The molecule has 1 aliphatic carbocycles. The van der Waals surface area contributed by atoms with Crippen LogP contribution >= 0.6 is 11.3 Å². The van der Waals surface area contributed by atoms with Crippen molar-refractivity contribution in [2.75, 3.05) is 5.32 Å². The lowest BCUT2D eigenvalue weighted by Crippen LogP contribution is -2.27. The summed E-state index contributed by atoms with van der Waals surface area (Å²) < 4.78 is 0. The Bertz CT molecular complexity index is 715. The number of nitrogens with one attached hydrogen (secondary N) is 1. The SMILES string of the molecule is N#Cc1c(NC(=O)[C@@H](N)c2ccccc2)sc2c1CCC2. The number of benzene rings is 1. The van der Waals surface area contributed by atoms with Gasteiger partial charge >= 0.3 is 0 Å². The molecule has 1 aromatic heterocycles. The third-order valence-electron chi connectivity index (χ3n) is 3.71. The monoisotopic (exact) mass is 297 g/mol. The second-order valence-electron chi connectivity index (χ2n) is 5.05. The molecular weight excluding hydrogens is 282 g/mol. The lowest BCUT2D eigenvalue weighted by molar-refractivity contribution is -0.117. The average Bonchev–Trinajstić information content (AvgIpc) is 3.07. The first-order valence-corrected chi connectivity index (χ1v) is 7.68. The van der Waals surface area contributed by atoms with E-state index >= 15 is 0 Å². The largest absolute Gasteiger partial charge is 0.316 e. The molecule has 3 N–H and O–H groups in total. The maximum atomic E-state index is 12.3. The predicted octanol–water partition coefficient (Wildman–Crippen LogP) is 2.75. The van der Waals surface area contributed by atoms with Crippen LogP contribution in [0.5, 0.6) is 0 Å². The molecule has 2 aromatic rings. The van der Waals surface area contributed by atoms with Gasteiger partial charge in [-0.15, -0.1) is 11.3 Å². The molecule has 0 unspecified atom stereocenters. The normalized spacial score (nSPS) is 14.3. The highest BCUT2D eigenvalue weighted by Gasteiger charge is 2.24. The fourth-order valence-corrected chi connectivity index (χ4v) is 3.85. The van der Waals surface area contributed by atoms with Crippen LogP contribution in [-0.4, -0.2) is 5.91 Å². The van der Waals surface area contributed by atoms with Crippen molar-refractivity contribution in [3.05, 3.63) is 51.9 Å². The summed E-state index contributed by atoms with van der Waals surface area (Å²) in [5.41, 5.74) is 8.46. The Kier molecular flexibility index (Phi) is 3.74. The van der Waals surface area contributed by atoms with Gasteiger partial charge in [-0.2, -0.15) is 5.26 Å². The van der Waals surface area contributed by atoms with Gasteiger partial charge in [0.05, 0.1) is 5.56 Å². The molecule has 106 valence electrons. The number of anilines is 1. The average molecular weight is 297 g/mol. The van der Waals surface area contributed by atoms with Crippen LogP contribution in [0.4, 0.5) is 5.00 Å². The Labute approximate surface area is 127 Å². The predicted molar refractivity (Wildman–Crippen MR) is 83.1 cm³/mol. The second-order valence-corrected chi connectivity index (χ2v) is 6.16. The summed E-state index contributed by atoms with van der Waals surface area (Å²) in [5.74, 6) is -0.280. The number of carbonyl (C=O) groups is 1. The van der Waals surface area contributed by atoms with E-state index in [1.54, 1.807) is 0 Å². The van der Waals surface area contributed by atoms with Gasteiger partial charge in [0.25, 0.3) is 0 Å². The lowest BCUT2D eigenvalue weighted by Gasteiger charge is -2.11. The number of nitrogens with zero attached hydrogens (tertiary/aromatic N) is 1. The fourth-order valence-electron chi connectivity index (χ4n) is 2.61. The number of rotatable bonds is 3. The zero-order valence-electron chi connectivity index (χ0n) is 11.4. The minimum absolute atomic E-state index is 0.280. The number of carbonyl (C=O) groups excluding carboxylic acids is 1. The molecule has 1 atom stereocenters. The molecule has 0 saturated carbocycles. The van der Waals surface area contributed by atoms with Gasteiger partial charge in [-0.05, 0) is 30.4 Å². The van der Waals surface area contributed by atoms with E-state index in [0.29, 0.717) is 10.6 Å². The van der Waals surface area contributed by atoms with Gasteiger partial charge in [0.15, 0.2) is 0 Å². The van der Waals surface area contributed by atoms with Crippen LogP contribution in [0.1, 0.15) is 34.0 Å². The lowest BCUT2D eigenvalue weighted by atomic mass is 10.1. The summed E-state index contributed by atoms with van der Waals surface area (Å²) >= 11 is 1.50. The van der Waals surface area contributed by atoms with Gasteiger partial charge in [0, 0.05) is 4.88 Å². The van der Waals surface area contributed by atoms with Crippen LogP contribution in [0.15, 0.2) is 30.3 Å². The molecule has 0 fully saturated rings. The number of hydrogen-bond donors (Lipinski definition) is 2. The van der Waals surface area contributed by atoms with Crippen molar-refractivity contribution < 1.29 is 4.79 Å². The number of aryl methyl sites for hydroxylation is 1. The molecule has 0 bridgehead atoms. The van der Waals surface area contributed by atoms with Crippen LogP contribution in [0.2, 0.25) is 0 Å². The van der Waals surface area contributed by atoms with Crippen molar-refractivity contribution in [1.82, 2.24) is 0 Å². The summed E-state index contributed by atoms with van der Waals surface area (Å²) in [6, 6.07) is 10.7. The first-order chi connectivity index (χ1) is 10.2. The van der Waals surface area contributed by atoms with E-state index in [1.807, 2.05) is 30.3 Å². The minimum atomic E-state index is -0.727. The molecule has 1 aromatic carbocycles. The van der Waals surface area contributed by atoms with Gasteiger partial charge in [0.1, 0.15) is 17.1 Å². The van der Waals surface area contributed by atoms with Crippen LogP contribution in [0, 0.1) is 11.3 Å². The third kappa shape index (κ3) is 2.56. The van der Waals surface area contributed by atoms with Crippen molar-refractivity contribution >= 4 is 22.2 Å². The Morgan fingerprint density at radius 3 is 2.81 bits per heavy atom. The van der Waals surface area contributed by atoms with Crippen molar-refractivity contribution in [1.29, 1.82) is 5.26 Å². The number of hydrogen-bond acceptors (Lipinski definition) is 4. The van der Waals surface area contributed by atoms with Gasteiger partial charge in [-0.3, -0.25) is 4.79 Å². The van der Waals surface area contributed by atoms with E-state index in [9.17, 15) is 10.1 Å². The van der Waals surface area contributed by atoms with Crippen molar-refractivity contribution in [2.24, 2.45) is 5.73 Å². The number of fused-ring (bicyclic) bond motifs is 1. The maximum Gasteiger partial charge on any atom is 0.246 e. The topological polar surface area (TPSA) is 78.9 Å². The van der Waals surface area contributed by atoms with Crippen molar-refractivity contribution in [2.45, 2.75) is 25.3 Å². The number of amides is 1. The summed E-state index contributed by atoms with van der Waals surface area (Å²) in [4.78, 5) is 13.5. The molecule has 21 heavy (non-hydrogen) atoms. The Morgan fingerprint density at radius 1 is 1.33 bits per heavy atom. The third-order valence-corrected chi connectivity index (χ3v) is 4.92. The van der Waals surface area contributed by atoms with E-state index < -0.39 is 6.04 Å². The van der Waals surface area contributed by atoms with E-state index in [-0.39, 0.29) is 5.91 Å². The highest BCUT2D eigenvalue weighted by molar-refractivity contribution is 7.16. The highest BCUT2D eigenvalue weighted by Crippen LogP contribution is 2.38. The Hall–Kier alpha value is -2.16. The van der Waals surface area contributed by atoms with Crippen LogP contribution in [0.3, 0.4) is 0 Å². The Balaban J connectivity index is 1.81. The van der Waals surface area contributed by atoms with Crippen LogP contribution in [-0.2, 0) is 17.6 Å². The molecule has 3 rings (SSSR count). The fraction of sp³-hybridized carbons (Fsp3) is 0.250. The minimum Gasteiger partial charge on any atom is -0.316 e. The molecule has 0 radical (unpaired) electrons. The van der Waals surface area contributed by atoms with Gasteiger partial charge in [0.2, 0.25) is 5.91 Å². The van der Waals surface area contributed by atoms with E-state index in [4.69, 9.17) is 5.73 Å². The molecular formula is C16H15N3OS. The molecule has 5 heteroatoms. The van der Waals surface area contributed by atoms with E-state index in [2.05, 4.69) is 11.4 Å². The number of nitrogens with two attached hydrogens (primary N) is 1. The quantitative estimate of drug-likeness (QED) is 0.914. The van der Waals surface area contributed by atoms with Gasteiger partial charge in [-0.1, -0.05) is 30.3 Å². The summed E-state index contributed by atoms with van der Waals surface area (Å²) in [7, 11) is 0. The highest BCUT2D eigenvalue weighted by atomic mass is 32.1. The van der Waals surface area contributed by atoms with E-state index in [1.165, 1.54) is 16.2 Å². The molecule has 1 heterocycles. The number of nitriles is 1. The van der Waals surface area contributed by atoms with Crippen molar-refractivity contribution in [3.8, 4) is 6.07 Å². The van der Waals surface area contributed by atoms with E-state index in [0.717, 1.165) is 30.4 Å². The number of thiophene rings is 1. The molecule has 1 amide bonds. The molecule has 4 nitrogen and oxygen atoms in total. The maximum absolute atomic E-state index is 12.3. The first kappa shape index (κ1) is 13.8. The molecule has 0 spiro atoms. The second kappa shape index (κ2) is 5.68. The van der Waals surface area contributed by atoms with Crippen LogP contribution < -0.4 is 11.1 Å². The summed E-state index contributed by atoms with van der Waals surface area (Å²) in [6.07, 6.45) is 3.01.